The highest BCUT2D eigenvalue weighted by atomic mass is 16.3. The lowest BCUT2D eigenvalue weighted by molar-refractivity contribution is -0.137. The summed E-state index contributed by atoms with van der Waals surface area (Å²) < 4.78 is 114. The zero-order valence-electron chi connectivity index (χ0n) is 28.2. The van der Waals surface area contributed by atoms with Gasteiger partial charge in [-0.25, -0.2) is 0 Å². The summed E-state index contributed by atoms with van der Waals surface area (Å²) in [4.78, 5) is 38.6. The van der Waals surface area contributed by atoms with Crippen LogP contribution in [-0.2, 0) is 20.8 Å². The zero-order chi connectivity index (χ0) is 31.8. The predicted molar refractivity (Wildman–Crippen MR) is 97.1 cm³/mol. The Bertz CT molecular complexity index is 1260. The van der Waals surface area contributed by atoms with Crippen molar-refractivity contribution in [3.05, 3.63) is 35.3 Å². The lowest BCUT2D eigenvalue weighted by Crippen LogP contribution is -2.51. The number of likely N-dealkylation sites (N-methyl/N-ethyl adjacent to an activating group) is 1. The van der Waals surface area contributed by atoms with Crippen molar-refractivity contribution < 1.29 is 38.7 Å². The third kappa shape index (κ3) is 4.40. The highest BCUT2D eigenvalue weighted by Gasteiger charge is 2.32. The van der Waals surface area contributed by atoms with E-state index in [9.17, 15) is 19.5 Å². The zero-order valence-corrected chi connectivity index (χ0v) is 14.2. The van der Waals surface area contributed by atoms with E-state index in [1.807, 2.05) is 0 Å². The fourth-order valence-electron chi connectivity index (χ4n) is 1.85. The van der Waals surface area contributed by atoms with Crippen molar-refractivity contribution in [3.63, 3.8) is 0 Å². The Hall–Kier alpha value is -2.41. The van der Waals surface area contributed by atoms with Gasteiger partial charge in [-0.2, -0.15) is 0 Å². The van der Waals surface area contributed by atoms with E-state index in [2.05, 4.69) is 0 Å². The van der Waals surface area contributed by atoms with Crippen LogP contribution >= 0.6 is 0 Å². The van der Waals surface area contributed by atoms with Crippen LogP contribution in [0.5, 0.6) is 0 Å². The molecule has 0 bridgehead atoms. The molecule has 3 N–H and O–H groups in total. The van der Waals surface area contributed by atoms with Crippen molar-refractivity contribution in [3.8, 4) is 0 Å². The quantitative estimate of drug-likeness (QED) is 0.693. The summed E-state index contributed by atoms with van der Waals surface area (Å²) >= 11 is 0. The normalized spacial score (nSPS) is 36.8. The minimum Gasteiger partial charge on any atom is -0.383 e. The van der Waals surface area contributed by atoms with Gasteiger partial charge in [0.25, 0.3) is 0 Å². The van der Waals surface area contributed by atoms with Crippen LogP contribution in [0, 0.1) is 5.92 Å². The summed E-state index contributed by atoms with van der Waals surface area (Å²) in [7, 11) is 0. The molecule has 0 spiro atoms. The van der Waals surface area contributed by atoms with Gasteiger partial charge in [0, 0.05) is 23.1 Å². The smallest absolute Gasteiger partial charge is 0.249 e. The minimum atomic E-state index is -3.90. The van der Waals surface area contributed by atoms with E-state index in [0.29, 0.717) is 6.92 Å². The molecule has 3 amide bonds. The summed E-state index contributed by atoms with van der Waals surface area (Å²) in [6.07, 6.45) is -6.57. The van der Waals surface area contributed by atoms with E-state index in [-0.39, 0.29) is 0 Å². The van der Waals surface area contributed by atoms with Crippen molar-refractivity contribution in [2.45, 2.75) is 45.3 Å². The van der Waals surface area contributed by atoms with Crippen LogP contribution in [0.25, 0.3) is 0 Å². The molecular formula is C19H27N3O4. The van der Waals surface area contributed by atoms with E-state index in [0.717, 1.165) is 0 Å². The molecule has 0 saturated heterocycles. The van der Waals surface area contributed by atoms with E-state index in [1.165, 1.54) is 13.8 Å². The van der Waals surface area contributed by atoms with E-state index < -0.39 is 102 Å². The molecular weight excluding hydrogens is 334 g/mol. The fourth-order valence-corrected chi connectivity index (χ4v) is 1.85. The maximum atomic E-state index is 13.7. The van der Waals surface area contributed by atoms with Crippen molar-refractivity contribution in [2.24, 2.45) is 5.92 Å². The van der Waals surface area contributed by atoms with Gasteiger partial charge in [0.05, 0.1) is 9.60 Å². The van der Waals surface area contributed by atoms with Gasteiger partial charge in [-0.1, -0.05) is 38.0 Å². The first-order chi connectivity index (χ1) is 17.6. The number of nitrogens with zero attached hydrogens (tertiary/aromatic N) is 1. The molecule has 0 aliphatic carbocycles. The number of carbonyl (C=O) groups is 3. The van der Waals surface area contributed by atoms with Gasteiger partial charge in [0.2, 0.25) is 17.7 Å². The summed E-state index contributed by atoms with van der Waals surface area (Å²) in [5, 5.41) is 13.4. The first-order valence-electron chi connectivity index (χ1n) is 14.5. The van der Waals surface area contributed by atoms with Crippen LogP contribution in [0.2, 0.25) is 0 Å². The van der Waals surface area contributed by atoms with Gasteiger partial charge in [-0.3, -0.25) is 14.4 Å². The second kappa shape index (κ2) is 8.31. The lowest BCUT2D eigenvalue weighted by Gasteiger charge is -2.24. The Kier molecular flexibility index (Phi) is 2.58. The second-order valence-electron chi connectivity index (χ2n) is 5.58. The van der Waals surface area contributed by atoms with Crippen molar-refractivity contribution in [2.75, 3.05) is 13.5 Å². The molecule has 7 heteroatoms. The Balaban J connectivity index is 2.92. The van der Waals surface area contributed by atoms with E-state index in [1.54, 1.807) is 10.6 Å². The Labute approximate surface area is 173 Å². The molecule has 1 aliphatic heterocycles. The second-order valence-corrected chi connectivity index (χ2v) is 5.58. The highest BCUT2D eigenvalue weighted by Crippen LogP contribution is 2.24. The van der Waals surface area contributed by atoms with Gasteiger partial charge in [-0.15, -0.1) is 0 Å². The van der Waals surface area contributed by atoms with Gasteiger partial charge in [0.15, 0.2) is 0 Å². The SMILES string of the molecule is [2H]c1c([2H])c([2H])c2c(c1[2H])C([2H])([2H])C([2H])([2H])N(C([2H])([2H])[2H])C(=O)[C@@]2([2H])NC(=O)[C@]([2H])(C)NC(=O)[C@@]([2H])(O)C(C)C. The first kappa shape index (κ1) is 8.08. The molecule has 0 radical (unpaired) electrons. The molecule has 0 fully saturated rings. The van der Waals surface area contributed by atoms with Crippen molar-refractivity contribution in [1.29, 1.82) is 0 Å². The summed E-state index contributed by atoms with van der Waals surface area (Å²) in [5.74, 6) is -6.58. The van der Waals surface area contributed by atoms with Crippen LogP contribution in [-0.4, -0.2) is 53.3 Å². The standard InChI is InChI=1S/C19H27N3O4/c1-11(2)16(23)18(25)20-12(3)17(24)21-15-14-8-6-5-7-13(14)9-10-22(4)19(15)26/h5-8,11-12,15-16,23H,9-10H2,1-4H3,(H,20,25)(H,21,24)/t12-,15-,16-/m0/s1/i4D3,5D,6D,7D,8D,9D2,10D2,12D,15D,16D. The Morgan fingerprint density at radius 3 is 2.77 bits per heavy atom. The average Bonchev–Trinajstić information content (AvgIpc) is 2.80. The lowest BCUT2D eigenvalue weighted by atomic mass is 9.99. The van der Waals surface area contributed by atoms with Crippen molar-refractivity contribution >= 4 is 17.7 Å². The van der Waals surface area contributed by atoms with Crippen LogP contribution in [0.15, 0.2) is 24.2 Å². The molecule has 1 aromatic carbocycles. The van der Waals surface area contributed by atoms with Crippen LogP contribution in [0.3, 0.4) is 0 Å². The van der Waals surface area contributed by atoms with Gasteiger partial charge < -0.3 is 20.6 Å². The number of amides is 3. The number of rotatable bonds is 5. The number of aliphatic hydroxyl groups is 1. The third-order valence-electron chi connectivity index (χ3n) is 3.31. The van der Waals surface area contributed by atoms with E-state index >= 15 is 0 Å². The molecule has 26 heavy (non-hydrogen) atoms. The molecule has 0 saturated carbocycles. The Morgan fingerprint density at radius 1 is 1.42 bits per heavy atom. The monoisotopic (exact) mass is 375 g/mol. The summed E-state index contributed by atoms with van der Waals surface area (Å²) in [5.41, 5.74) is -2.67. The fraction of sp³-hybridized carbons (Fsp3) is 0.526. The maximum Gasteiger partial charge on any atom is 0.249 e. The summed E-state index contributed by atoms with van der Waals surface area (Å²) in [6, 6.07) is -11.4. The van der Waals surface area contributed by atoms with E-state index in [4.69, 9.17) is 19.2 Å². The number of nitrogens with one attached hydrogen (secondary N) is 2. The largest absolute Gasteiger partial charge is 0.383 e. The molecule has 1 aliphatic rings. The van der Waals surface area contributed by atoms with Gasteiger partial charge >= 0.3 is 0 Å². The molecule has 1 aromatic rings. The Morgan fingerprint density at radius 2 is 2.12 bits per heavy atom. The molecule has 7 nitrogen and oxygen atoms in total. The molecule has 3 atom stereocenters. The van der Waals surface area contributed by atoms with Crippen molar-refractivity contribution in [1.82, 2.24) is 15.5 Å². The van der Waals surface area contributed by atoms with Crippen LogP contribution in [0.4, 0.5) is 0 Å². The number of fused-ring (bicyclic) bond motifs is 1. The summed E-state index contributed by atoms with van der Waals surface area (Å²) in [6.45, 7) is -4.50. The highest BCUT2D eigenvalue weighted by molar-refractivity contribution is 5.93. The van der Waals surface area contributed by atoms with Crippen LogP contribution in [0.1, 0.15) is 57.1 Å². The first-order valence-corrected chi connectivity index (χ1v) is 7.45. The molecule has 142 valence electrons. The molecule has 0 unspecified atom stereocenters. The maximum absolute atomic E-state index is 13.7. The molecule has 1 heterocycles. The minimum absolute atomic E-state index is 0.680. The van der Waals surface area contributed by atoms with Gasteiger partial charge in [0.1, 0.15) is 18.1 Å². The number of hydrogen-bond donors (Lipinski definition) is 3. The van der Waals surface area contributed by atoms with Gasteiger partial charge in [-0.05, 0) is 30.3 Å². The number of benzene rings is 1. The molecule has 2 rings (SSSR count). The third-order valence-corrected chi connectivity index (χ3v) is 3.31. The molecule has 0 aromatic heterocycles. The average molecular weight is 376 g/mol. The number of hydrogen-bond acceptors (Lipinski definition) is 4. The topological polar surface area (TPSA) is 98.7 Å². The predicted octanol–water partition coefficient (Wildman–Crippen LogP) is 0.380. The van der Waals surface area contributed by atoms with Crippen LogP contribution < -0.4 is 10.6 Å². The number of carbonyl (C=O) groups excluding carboxylic acids is 3.